The lowest BCUT2D eigenvalue weighted by molar-refractivity contribution is -0.124. The molecule has 0 unspecified atom stereocenters. The van der Waals surface area contributed by atoms with Crippen molar-refractivity contribution in [1.29, 1.82) is 0 Å². The van der Waals surface area contributed by atoms with Gasteiger partial charge in [0.15, 0.2) is 0 Å². The topological polar surface area (TPSA) is 96.0 Å². The van der Waals surface area contributed by atoms with E-state index in [1.807, 2.05) is 42.5 Å². The van der Waals surface area contributed by atoms with Gasteiger partial charge in [0.1, 0.15) is 5.01 Å². The van der Waals surface area contributed by atoms with Gasteiger partial charge in [-0.3, -0.25) is 14.9 Å². The van der Waals surface area contributed by atoms with Gasteiger partial charge in [0.05, 0.1) is 6.04 Å². The van der Waals surface area contributed by atoms with E-state index >= 15 is 0 Å². The van der Waals surface area contributed by atoms with E-state index in [9.17, 15) is 9.59 Å². The molecule has 1 aliphatic heterocycles. The second-order valence-corrected chi connectivity index (χ2v) is 10.3. The van der Waals surface area contributed by atoms with E-state index in [4.69, 9.17) is 0 Å². The SMILES string of the molecule is O=C(C=C[C@H](CCc1ccccc1)NC(=O)[C@@H]1CCCCN1)Nc1nnc(-c2ccc(Br)cc2)s1. The quantitative estimate of drug-likeness (QED) is 0.333. The van der Waals surface area contributed by atoms with Gasteiger partial charge in [-0.1, -0.05) is 82.2 Å². The van der Waals surface area contributed by atoms with Crippen LogP contribution < -0.4 is 16.0 Å². The highest BCUT2D eigenvalue weighted by molar-refractivity contribution is 9.10. The molecule has 7 nitrogen and oxygen atoms in total. The predicted octanol–water partition coefficient (Wildman–Crippen LogP) is 4.72. The van der Waals surface area contributed by atoms with Gasteiger partial charge in [-0.15, -0.1) is 10.2 Å². The zero-order valence-corrected chi connectivity index (χ0v) is 21.6. The molecule has 35 heavy (non-hydrogen) atoms. The molecule has 1 aromatic heterocycles. The number of benzene rings is 2. The summed E-state index contributed by atoms with van der Waals surface area (Å²) in [6, 6.07) is 17.4. The molecule has 2 atom stereocenters. The maximum atomic E-state index is 12.8. The number of halogens is 1. The molecule has 182 valence electrons. The summed E-state index contributed by atoms with van der Waals surface area (Å²) in [5.41, 5.74) is 2.12. The van der Waals surface area contributed by atoms with Crippen LogP contribution >= 0.6 is 27.3 Å². The molecule has 1 saturated heterocycles. The van der Waals surface area contributed by atoms with Crippen molar-refractivity contribution in [2.45, 2.75) is 44.2 Å². The van der Waals surface area contributed by atoms with Crippen molar-refractivity contribution >= 4 is 44.2 Å². The Kier molecular flexibility index (Phi) is 9.16. The van der Waals surface area contributed by atoms with Crippen LogP contribution in [-0.4, -0.2) is 40.6 Å². The summed E-state index contributed by atoms with van der Waals surface area (Å²) in [7, 11) is 0. The number of nitrogens with zero attached hydrogens (tertiary/aromatic N) is 2. The van der Waals surface area contributed by atoms with Crippen molar-refractivity contribution < 1.29 is 9.59 Å². The Labute approximate surface area is 217 Å². The van der Waals surface area contributed by atoms with Crippen LogP contribution in [0.3, 0.4) is 0 Å². The molecule has 1 aliphatic rings. The smallest absolute Gasteiger partial charge is 0.249 e. The molecule has 1 fully saturated rings. The molecule has 2 amide bonds. The number of amides is 2. The number of anilines is 1. The van der Waals surface area contributed by atoms with Crippen molar-refractivity contribution in [2.24, 2.45) is 0 Å². The minimum Gasteiger partial charge on any atom is -0.349 e. The number of hydrogen-bond donors (Lipinski definition) is 3. The Morgan fingerprint density at radius 2 is 1.91 bits per heavy atom. The number of rotatable bonds is 9. The van der Waals surface area contributed by atoms with Gasteiger partial charge in [-0.25, -0.2) is 0 Å². The van der Waals surface area contributed by atoms with Crippen LogP contribution in [0.4, 0.5) is 5.13 Å². The van der Waals surface area contributed by atoms with Gasteiger partial charge in [-0.2, -0.15) is 0 Å². The average molecular weight is 555 g/mol. The lowest BCUT2D eigenvalue weighted by Crippen LogP contribution is -2.49. The van der Waals surface area contributed by atoms with Gasteiger partial charge >= 0.3 is 0 Å². The van der Waals surface area contributed by atoms with Crippen LogP contribution in [0, 0.1) is 0 Å². The van der Waals surface area contributed by atoms with E-state index in [0.717, 1.165) is 47.3 Å². The normalized spacial score (nSPS) is 16.7. The number of aromatic nitrogens is 2. The van der Waals surface area contributed by atoms with Gasteiger partial charge in [0, 0.05) is 22.2 Å². The van der Waals surface area contributed by atoms with Crippen LogP contribution in [0.25, 0.3) is 10.6 Å². The fourth-order valence-corrected chi connectivity index (χ4v) is 4.89. The lowest BCUT2D eigenvalue weighted by Gasteiger charge is -2.25. The van der Waals surface area contributed by atoms with Crippen molar-refractivity contribution in [1.82, 2.24) is 20.8 Å². The van der Waals surface area contributed by atoms with Crippen LogP contribution in [-0.2, 0) is 16.0 Å². The molecule has 4 rings (SSSR count). The molecule has 9 heteroatoms. The molecule has 0 saturated carbocycles. The highest BCUT2D eigenvalue weighted by atomic mass is 79.9. The Bertz CT molecular complexity index is 1140. The third-order valence-electron chi connectivity index (χ3n) is 5.77. The first-order valence-corrected chi connectivity index (χ1v) is 13.3. The Morgan fingerprint density at radius 3 is 2.66 bits per heavy atom. The molecule has 2 heterocycles. The minimum atomic E-state index is -0.307. The highest BCUT2D eigenvalue weighted by Crippen LogP contribution is 2.27. The van der Waals surface area contributed by atoms with E-state index in [1.165, 1.54) is 23.0 Å². The summed E-state index contributed by atoms with van der Waals surface area (Å²) >= 11 is 4.73. The Hall–Kier alpha value is -2.88. The summed E-state index contributed by atoms with van der Waals surface area (Å²) in [6.07, 6.45) is 7.68. The van der Waals surface area contributed by atoms with Crippen molar-refractivity contribution in [3.63, 3.8) is 0 Å². The average Bonchev–Trinajstić information content (AvgIpc) is 3.35. The van der Waals surface area contributed by atoms with E-state index in [-0.39, 0.29) is 23.9 Å². The van der Waals surface area contributed by atoms with E-state index in [1.54, 1.807) is 6.08 Å². The summed E-state index contributed by atoms with van der Waals surface area (Å²) in [5, 5.41) is 18.6. The van der Waals surface area contributed by atoms with E-state index < -0.39 is 0 Å². The van der Waals surface area contributed by atoms with Gasteiger partial charge < -0.3 is 10.6 Å². The standard InChI is InChI=1S/C26H28BrN5O2S/c27-20-12-10-19(11-13-20)25-31-32-26(35-25)30-23(33)16-15-21(14-9-18-6-2-1-3-7-18)29-24(34)22-8-4-5-17-28-22/h1-3,6-7,10-13,15-16,21-22,28H,4-5,8-9,14,17H2,(H,29,34)(H,30,32,33)/t21-,22-/m0/s1. The maximum absolute atomic E-state index is 12.8. The largest absolute Gasteiger partial charge is 0.349 e. The Morgan fingerprint density at radius 1 is 1.11 bits per heavy atom. The second kappa shape index (κ2) is 12.7. The van der Waals surface area contributed by atoms with Crippen LogP contribution in [0.15, 0.2) is 71.2 Å². The molecule has 0 radical (unpaired) electrons. The first kappa shape index (κ1) is 25.2. The number of carbonyl (C=O) groups is 2. The van der Waals surface area contributed by atoms with Gasteiger partial charge in [-0.05, 0) is 49.9 Å². The summed E-state index contributed by atoms with van der Waals surface area (Å²) in [6.45, 7) is 0.856. The minimum absolute atomic E-state index is 0.0175. The second-order valence-electron chi connectivity index (χ2n) is 8.41. The van der Waals surface area contributed by atoms with Crippen LogP contribution in [0.5, 0.6) is 0 Å². The number of carbonyl (C=O) groups excluding carboxylic acids is 2. The number of nitrogens with one attached hydrogen (secondary N) is 3. The fourth-order valence-electron chi connectivity index (χ4n) is 3.88. The fraction of sp³-hybridized carbons (Fsp3) is 0.308. The number of hydrogen-bond acceptors (Lipinski definition) is 6. The first-order chi connectivity index (χ1) is 17.1. The number of piperidine rings is 1. The molecule has 3 aromatic rings. The maximum Gasteiger partial charge on any atom is 0.249 e. The molecular weight excluding hydrogens is 526 g/mol. The Balaban J connectivity index is 1.37. The molecule has 0 spiro atoms. The third kappa shape index (κ3) is 7.81. The van der Waals surface area contributed by atoms with E-state index in [2.05, 4.69) is 54.2 Å². The van der Waals surface area contributed by atoms with Crippen molar-refractivity contribution in [2.75, 3.05) is 11.9 Å². The van der Waals surface area contributed by atoms with E-state index in [0.29, 0.717) is 11.6 Å². The third-order valence-corrected chi connectivity index (χ3v) is 7.18. The van der Waals surface area contributed by atoms with Crippen molar-refractivity contribution in [3.05, 3.63) is 76.8 Å². The van der Waals surface area contributed by atoms with Crippen LogP contribution in [0.2, 0.25) is 0 Å². The van der Waals surface area contributed by atoms with Gasteiger partial charge in [0.25, 0.3) is 0 Å². The molecule has 2 aromatic carbocycles. The zero-order chi connectivity index (χ0) is 24.5. The van der Waals surface area contributed by atoms with Crippen LogP contribution in [0.1, 0.15) is 31.2 Å². The molecule has 0 bridgehead atoms. The lowest BCUT2D eigenvalue weighted by atomic mass is 10.0. The van der Waals surface area contributed by atoms with Crippen molar-refractivity contribution in [3.8, 4) is 10.6 Å². The molecule has 0 aliphatic carbocycles. The van der Waals surface area contributed by atoms with Gasteiger partial charge in [0.2, 0.25) is 16.9 Å². The monoisotopic (exact) mass is 553 g/mol. The summed E-state index contributed by atoms with van der Waals surface area (Å²) in [5.74, 6) is -0.325. The summed E-state index contributed by atoms with van der Waals surface area (Å²) in [4.78, 5) is 25.4. The first-order valence-electron chi connectivity index (χ1n) is 11.7. The summed E-state index contributed by atoms with van der Waals surface area (Å²) < 4.78 is 0.984. The molecule has 3 N–H and O–H groups in total. The zero-order valence-electron chi connectivity index (χ0n) is 19.2. The highest BCUT2D eigenvalue weighted by Gasteiger charge is 2.22. The number of aryl methyl sites for hydroxylation is 1. The predicted molar refractivity (Wildman–Crippen MR) is 143 cm³/mol. The molecular formula is C26H28BrN5O2S.